The van der Waals surface area contributed by atoms with Gasteiger partial charge in [-0.1, -0.05) is 54.6 Å². The first kappa shape index (κ1) is 24.3. The predicted octanol–water partition coefficient (Wildman–Crippen LogP) is 4.96. The number of nitrogens with one attached hydrogen (secondary N) is 2. The molecule has 1 heterocycles. The summed E-state index contributed by atoms with van der Waals surface area (Å²) in [4.78, 5) is 14.9. The Morgan fingerprint density at radius 3 is 2.42 bits per heavy atom. The summed E-state index contributed by atoms with van der Waals surface area (Å²) in [6, 6.07) is 24.4. The number of amides is 1. The number of benzene rings is 3. The Morgan fingerprint density at radius 2 is 1.70 bits per heavy atom. The number of aryl methyl sites for hydroxylation is 2. The van der Waals surface area contributed by atoms with Crippen LogP contribution >= 0.6 is 12.4 Å². The largest absolute Gasteiger partial charge is 0.385 e. The van der Waals surface area contributed by atoms with E-state index in [1.165, 1.54) is 11.1 Å². The number of hydrogen-bond donors (Lipinski definition) is 3. The quantitative estimate of drug-likeness (QED) is 0.327. The van der Waals surface area contributed by atoms with Gasteiger partial charge in [0.2, 0.25) is 5.91 Å². The molecule has 0 aromatic heterocycles. The van der Waals surface area contributed by atoms with Crippen LogP contribution in [-0.4, -0.2) is 24.8 Å². The first-order chi connectivity index (χ1) is 15.6. The summed E-state index contributed by atoms with van der Waals surface area (Å²) in [5.41, 5.74) is 12.0. The molecule has 3 aromatic carbocycles. The average molecular weight is 463 g/mol. The van der Waals surface area contributed by atoms with E-state index in [9.17, 15) is 4.79 Å². The zero-order valence-corrected chi connectivity index (χ0v) is 19.5. The minimum Gasteiger partial charge on any atom is -0.385 e. The molecule has 172 valence electrons. The molecule has 4 N–H and O–H groups in total. The van der Waals surface area contributed by atoms with Crippen LogP contribution in [0.25, 0.3) is 0 Å². The molecular weight excluding hydrogens is 432 g/mol. The number of anilines is 2. The van der Waals surface area contributed by atoms with E-state index in [4.69, 9.17) is 11.1 Å². The number of amidine groups is 1. The highest BCUT2D eigenvalue weighted by molar-refractivity contribution is 5.95. The molecule has 1 aliphatic rings. The Labute approximate surface area is 201 Å². The first-order valence-electron chi connectivity index (χ1n) is 11.2. The van der Waals surface area contributed by atoms with Crippen LogP contribution in [0.3, 0.4) is 0 Å². The number of fused-ring (bicyclic) bond motifs is 1. The molecule has 3 aromatic rings. The summed E-state index contributed by atoms with van der Waals surface area (Å²) in [7, 11) is 0. The third kappa shape index (κ3) is 6.36. The SMILES string of the molecule is Cl.N=C(N)c1ccc(CCC(=O)N2CCCc3cc(NCCc4ccccc4)ccc32)cc1. The van der Waals surface area contributed by atoms with Gasteiger partial charge in [0.05, 0.1) is 0 Å². The van der Waals surface area contributed by atoms with Crippen molar-refractivity contribution in [3.8, 4) is 0 Å². The van der Waals surface area contributed by atoms with Crippen LogP contribution in [-0.2, 0) is 24.1 Å². The zero-order chi connectivity index (χ0) is 22.3. The molecule has 4 rings (SSSR count). The van der Waals surface area contributed by atoms with Crippen LogP contribution in [0.5, 0.6) is 0 Å². The van der Waals surface area contributed by atoms with E-state index in [0.29, 0.717) is 18.4 Å². The number of hydrogen-bond acceptors (Lipinski definition) is 3. The van der Waals surface area contributed by atoms with Crippen LogP contribution in [0.2, 0.25) is 0 Å². The van der Waals surface area contributed by atoms with Crippen molar-refractivity contribution in [2.45, 2.75) is 32.1 Å². The monoisotopic (exact) mass is 462 g/mol. The molecular formula is C27H31ClN4O. The van der Waals surface area contributed by atoms with Crippen molar-refractivity contribution in [3.05, 3.63) is 95.1 Å². The maximum Gasteiger partial charge on any atom is 0.227 e. The van der Waals surface area contributed by atoms with Crippen LogP contribution in [0.4, 0.5) is 11.4 Å². The maximum absolute atomic E-state index is 13.0. The summed E-state index contributed by atoms with van der Waals surface area (Å²) in [6.45, 7) is 1.66. The number of halogens is 1. The van der Waals surface area contributed by atoms with Gasteiger partial charge < -0.3 is 16.0 Å². The summed E-state index contributed by atoms with van der Waals surface area (Å²) >= 11 is 0. The van der Waals surface area contributed by atoms with Gasteiger partial charge in [0, 0.05) is 36.4 Å². The van der Waals surface area contributed by atoms with E-state index in [0.717, 1.165) is 49.3 Å². The third-order valence-electron chi connectivity index (χ3n) is 5.98. The minimum absolute atomic E-state index is 0. The van der Waals surface area contributed by atoms with Gasteiger partial charge in [0.1, 0.15) is 5.84 Å². The van der Waals surface area contributed by atoms with Crippen molar-refractivity contribution >= 4 is 35.5 Å². The fraction of sp³-hybridized carbons (Fsp3) is 0.259. The van der Waals surface area contributed by atoms with Crippen molar-refractivity contribution in [2.24, 2.45) is 5.73 Å². The Balaban J connectivity index is 0.00000306. The lowest BCUT2D eigenvalue weighted by Gasteiger charge is -2.30. The molecule has 0 atom stereocenters. The Bertz CT molecular complexity index is 1080. The van der Waals surface area contributed by atoms with Gasteiger partial charge in [0.25, 0.3) is 0 Å². The molecule has 1 amide bonds. The van der Waals surface area contributed by atoms with E-state index in [1.54, 1.807) is 0 Å². The molecule has 0 saturated heterocycles. The van der Waals surface area contributed by atoms with E-state index < -0.39 is 0 Å². The zero-order valence-electron chi connectivity index (χ0n) is 18.7. The minimum atomic E-state index is 0. The molecule has 0 bridgehead atoms. The fourth-order valence-electron chi connectivity index (χ4n) is 4.20. The number of nitrogen functional groups attached to an aromatic ring is 1. The van der Waals surface area contributed by atoms with Crippen molar-refractivity contribution in [1.29, 1.82) is 5.41 Å². The van der Waals surface area contributed by atoms with Gasteiger partial charge in [-0.25, -0.2) is 0 Å². The number of nitrogens with zero attached hydrogens (tertiary/aromatic N) is 1. The standard InChI is InChI=1S/C27H30N4O.ClH/c28-27(29)22-11-8-21(9-12-22)10-15-26(32)31-18-4-7-23-19-24(13-14-25(23)31)30-17-16-20-5-2-1-3-6-20;/h1-3,5-6,8-9,11-14,19,30H,4,7,10,15-18H2,(H3,28,29);1H. The van der Waals surface area contributed by atoms with Crippen LogP contribution in [0, 0.1) is 5.41 Å². The average Bonchev–Trinajstić information content (AvgIpc) is 2.83. The number of carbonyl (C=O) groups excluding carboxylic acids is 1. The topological polar surface area (TPSA) is 82.2 Å². The van der Waals surface area contributed by atoms with E-state index in [1.807, 2.05) is 35.2 Å². The van der Waals surface area contributed by atoms with Gasteiger partial charge in [-0.05, 0) is 60.6 Å². The number of rotatable bonds is 8. The molecule has 0 saturated carbocycles. The lowest BCUT2D eigenvalue weighted by Crippen LogP contribution is -2.35. The highest BCUT2D eigenvalue weighted by atomic mass is 35.5. The molecule has 0 radical (unpaired) electrons. The Kier molecular flexibility index (Phi) is 8.50. The summed E-state index contributed by atoms with van der Waals surface area (Å²) < 4.78 is 0. The van der Waals surface area contributed by atoms with Crippen molar-refractivity contribution in [1.82, 2.24) is 0 Å². The molecule has 5 nitrogen and oxygen atoms in total. The van der Waals surface area contributed by atoms with Crippen LogP contribution in [0.15, 0.2) is 72.8 Å². The second-order valence-electron chi connectivity index (χ2n) is 8.27. The molecule has 6 heteroatoms. The van der Waals surface area contributed by atoms with Gasteiger partial charge in [-0.3, -0.25) is 10.2 Å². The molecule has 0 spiro atoms. The Hall–Kier alpha value is -3.31. The van der Waals surface area contributed by atoms with Gasteiger partial charge in [0.15, 0.2) is 0 Å². The summed E-state index contributed by atoms with van der Waals surface area (Å²) in [5, 5.41) is 11.0. The van der Waals surface area contributed by atoms with Crippen molar-refractivity contribution in [2.75, 3.05) is 23.3 Å². The number of nitrogens with two attached hydrogens (primary N) is 1. The smallest absolute Gasteiger partial charge is 0.227 e. The fourth-order valence-corrected chi connectivity index (χ4v) is 4.20. The lowest BCUT2D eigenvalue weighted by molar-refractivity contribution is -0.118. The van der Waals surface area contributed by atoms with Crippen molar-refractivity contribution < 1.29 is 4.79 Å². The lowest BCUT2D eigenvalue weighted by atomic mass is 9.99. The highest BCUT2D eigenvalue weighted by Gasteiger charge is 2.22. The van der Waals surface area contributed by atoms with E-state index in [-0.39, 0.29) is 24.1 Å². The van der Waals surface area contributed by atoms with Crippen LogP contribution < -0.4 is 16.0 Å². The maximum atomic E-state index is 13.0. The van der Waals surface area contributed by atoms with Crippen molar-refractivity contribution in [3.63, 3.8) is 0 Å². The second-order valence-corrected chi connectivity index (χ2v) is 8.27. The van der Waals surface area contributed by atoms with E-state index in [2.05, 4.69) is 47.8 Å². The summed E-state index contributed by atoms with van der Waals surface area (Å²) in [6.07, 6.45) is 4.12. The molecule has 0 fully saturated rings. The molecule has 0 aliphatic carbocycles. The first-order valence-corrected chi connectivity index (χ1v) is 11.2. The third-order valence-corrected chi connectivity index (χ3v) is 5.98. The van der Waals surface area contributed by atoms with Gasteiger partial charge in [-0.2, -0.15) is 0 Å². The van der Waals surface area contributed by atoms with E-state index >= 15 is 0 Å². The van der Waals surface area contributed by atoms with Gasteiger partial charge >= 0.3 is 0 Å². The Morgan fingerprint density at radius 1 is 0.970 bits per heavy atom. The highest BCUT2D eigenvalue weighted by Crippen LogP contribution is 2.30. The second kappa shape index (κ2) is 11.5. The molecule has 33 heavy (non-hydrogen) atoms. The summed E-state index contributed by atoms with van der Waals surface area (Å²) in [5.74, 6) is 0.220. The van der Waals surface area contributed by atoms with Crippen LogP contribution in [0.1, 0.15) is 35.1 Å². The predicted molar refractivity (Wildman–Crippen MR) is 139 cm³/mol. The number of carbonyl (C=O) groups is 1. The molecule has 1 aliphatic heterocycles. The van der Waals surface area contributed by atoms with Gasteiger partial charge in [-0.15, -0.1) is 12.4 Å². The normalized spacial score (nSPS) is 12.4. The molecule has 0 unspecified atom stereocenters.